The first kappa shape index (κ1) is 21.4. The summed E-state index contributed by atoms with van der Waals surface area (Å²) in [5.41, 5.74) is 0.380. The molecular weight excluding hydrogens is 412 g/mol. The van der Waals surface area contributed by atoms with Gasteiger partial charge in [0.1, 0.15) is 11.9 Å². The maximum absolute atomic E-state index is 13.7. The average molecular weight is 445 g/mol. The summed E-state index contributed by atoms with van der Waals surface area (Å²) in [6.07, 6.45) is 5.79. The summed E-state index contributed by atoms with van der Waals surface area (Å²) in [5, 5.41) is 17.1. The zero-order valence-corrected chi connectivity index (χ0v) is 18.7. The molecule has 1 unspecified atom stereocenters. The number of likely N-dealkylation sites (tertiary alicyclic amines) is 1. The average Bonchev–Trinajstić information content (AvgIpc) is 3.25. The number of aliphatic hydroxyl groups excluding tert-OH is 1. The Bertz CT molecular complexity index is 906. The molecular formula is C23H32N4O5. The van der Waals surface area contributed by atoms with Gasteiger partial charge in [0.15, 0.2) is 6.61 Å². The fourth-order valence-corrected chi connectivity index (χ4v) is 7.08. The number of aliphatic hydroxyl groups is 1. The van der Waals surface area contributed by atoms with Gasteiger partial charge in [0.25, 0.3) is 5.91 Å². The van der Waals surface area contributed by atoms with E-state index in [1.807, 2.05) is 6.92 Å². The van der Waals surface area contributed by atoms with Crippen LogP contribution in [-0.4, -0.2) is 62.9 Å². The van der Waals surface area contributed by atoms with Crippen molar-refractivity contribution in [2.24, 2.45) is 30.2 Å². The summed E-state index contributed by atoms with van der Waals surface area (Å²) in [4.78, 5) is 40.3. The third-order valence-corrected chi connectivity index (χ3v) is 7.92. The van der Waals surface area contributed by atoms with Gasteiger partial charge in [-0.15, -0.1) is 0 Å². The van der Waals surface area contributed by atoms with Gasteiger partial charge in [-0.2, -0.15) is 5.10 Å². The van der Waals surface area contributed by atoms with Crippen molar-refractivity contribution in [3.63, 3.8) is 0 Å². The number of rotatable bonds is 5. The van der Waals surface area contributed by atoms with E-state index in [0.717, 1.165) is 25.0 Å². The molecule has 0 radical (unpaired) electrons. The van der Waals surface area contributed by atoms with E-state index in [4.69, 9.17) is 4.74 Å². The van der Waals surface area contributed by atoms with Crippen molar-refractivity contribution in [3.8, 4) is 0 Å². The third-order valence-electron chi connectivity index (χ3n) is 7.92. The number of carbonyl (C=O) groups excluding carboxylic acids is 3. The summed E-state index contributed by atoms with van der Waals surface area (Å²) in [7, 11) is 1.71. The summed E-state index contributed by atoms with van der Waals surface area (Å²) in [5.74, 6) is 1.26. The number of ether oxygens (including phenoxy) is 1. The molecule has 2 N–H and O–H groups in total. The number of hydrogen-bond donors (Lipinski definition) is 2. The first-order valence-electron chi connectivity index (χ1n) is 11.7. The highest BCUT2D eigenvalue weighted by Crippen LogP contribution is 2.60. The Labute approximate surface area is 187 Å². The van der Waals surface area contributed by atoms with E-state index in [2.05, 4.69) is 10.4 Å². The van der Waals surface area contributed by atoms with Crippen molar-refractivity contribution in [2.75, 3.05) is 18.5 Å². The fourth-order valence-electron chi connectivity index (χ4n) is 7.08. The second-order valence-electron chi connectivity index (χ2n) is 10.5. The lowest BCUT2D eigenvalue weighted by Gasteiger charge is -2.56. The molecule has 0 spiro atoms. The number of aromatic nitrogens is 2. The topological polar surface area (TPSA) is 114 Å². The van der Waals surface area contributed by atoms with Crippen molar-refractivity contribution >= 4 is 23.6 Å². The van der Waals surface area contributed by atoms with Gasteiger partial charge >= 0.3 is 5.97 Å². The predicted molar refractivity (Wildman–Crippen MR) is 114 cm³/mol. The molecule has 9 heteroatoms. The molecule has 9 nitrogen and oxygen atoms in total. The van der Waals surface area contributed by atoms with Crippen LogP contribution in [0, 0.1) is 30.1 Å². The van der Waals surface area contributed by atoms with Gasteiger partial charge in [-0.3, -0.25) is 14.3 Å². The normalized spacial score (nSPS) is 35.2. The maximum atomic E-state index is 13.7. The minimum absolute atomic E-state index is 0.00455. The number of β-amino-alcohol motifs (C(OH)–C–C–N with tert-alkyl or cyclic N) is 1. The van der Waals surface area contributed by atoms with Crippen molar-refractivity contribution in [3.05, 3.63) is 11.8 Å². The highest BCUT2D eigenvalue weighted by Gasteiger charge is 2.57. The molecule has 5 fully saturated rings. The molecule has 1 aromatic heterocycles. The second kappa shape index (κ2) is 7.86. The number of aryl methyl sites for hydroxylation is 2. The number of hydrogen-bond acceptors (Lipinski definition) is 6. The van der Waals surface area contributed by atoms with Crippen LogP contribution in [0.15, 0.2) is 6.07 Å². The van der Waals surface area contributed by atoms with Gasteiger partial charge in [0.05, 0.1) is 17.2 Å². The highest BCUT2D eigenvalue weighted by molar-refractivity contribution is 5.93. The Hall–Kier alpha value is -2.42. The first-order valence-corrected chi connectivity index (χ1v) is 11.7. The van der Waals surface area contributed by atoms with Gasteiger partial charge in [0, 0.05) is 26.1 Å². The Morgan fingerprint density at radius 3 is 2.34 bits per heavy atom. The third kappa shape index (κ3) is 3.80. The molecule has 2 atom stereocenters. The molecule has 5 aliphatic rings. The van der Waals surface area contributed by atoms with Crippen LogP contribution in [0.25, 0.3) is 0 Å². The number of esters is 1. The minimum Gasteiger partial charge on any atom is -0.454 e. The lowest BCUT2D eigenvalue weighted by molar-refractivity contribution is -0.166. The summed E-state index contributed by atoms with van der Waals surface area (Å²) in [6, 6.07) is 0.885. The molecule has 0 aromatic carbocycles. The Balaban J connectivity index is 1.23. The molecule has 4 saturated carbocycles. The fraction of sp³-hybridized carbons (Fsp3) is 0.739. The summed E-state index contributed by atoms with van der Waals surface area (Å²) < 4.78 is 6.80. The van der Waals surface area contributed by atoms with Gasteiger partial charge in [-0.25, -0.2) is 4.79 Å². The van der Waals surface area contributed by atoms with Crippen molar-refractivity contribution in [1.29, 1.82) is 0 Å². The molecule has 1 saturated heterocycles. The largest absolute Gasteiger partial charge is 0.454 e. The molecule has 4 bridgehead atoms. The van der Waals surface area contributed by atoms with Crippen LogP contribution in [0.1, 0.15) is 50.6 Å². The molecule has 6 rings (SSSR count). The Morgan fingerprint density at radius 2 is 1.78 bits per heavy atom. The van der Waals surface area contributed by atoms with Crippen LogP contribution >= 0.6 is 0 Å². The van der Waals surface area contributed by atoms with E-state index in [1.54, 1.807) is 18.0 Å². The van der Waals surface area contributed by atoms with E-state index >= 15 is 0 Å². The van der Waals surface area contributed by atoms with Crippen LogP contribution in [0.4, 0.5) is 5.82 Å². The van der Waals surface area contributed by atoms with Gasteiger partial charge < -0.3 is 20.1 Å². The van der Waals surface area contributed by atoms with Gasteiger partial charge in [-0.1, -0.05) is 0 Å². The number of nitrogens with zero attached hydrogens (tertiary/aromatic N) is 3. The summed E-state index contributed by atoms with van der Waals surface area (Å²) in [6.45, 7) is 1.52. The molecule has 1 aromatic rings. The van der Waals surface area contributed by atoms with Crippen LogP contribution in [0.5, 0.6) is 0 Å². The molecule has 2 amide bonds. The van der Waals surface area contributed by atoms with Crippen LogP contribution < -0.4 is 5.32 Å². The number of nitrogens with one attached hydrogen (secondary N) is 1. The van der Waals surface area contributed by atoms with Gasteiger partial charge in [0.2, 0.25) is 5.91 Å². The lowest BCUT2D eigenvalue weighted by Crippen LogP contribution is -2.56. The zero-order chi connectivity index (χ0) is 22.6. The van der Waals surface area contributed by atoms with E-state index in [0.29, 0.717) is 23.6 Å². The molecule has 174 valence electrons. The standard InChI is InChI=1S/C23H32N4O5/c1-13-3-19(26(2)25-13)24-20(29)12-32-21(30)18-7-17(28)11-27(18)22(31)23-8-14-4-15(9-23)6-16(5-14)10-23/h3,14-18,28H,4-12H2,1-2H3,(H,24,29)/t14?,15?,16?,17?,18-,23?/m0/s1. The maximum Gasteiger partial charge on any atom is 0.329 e. The minimum atomic E-state index is -0.836. The van der Waals surface area contributed by atoms with Crippen molar-refractivity contribution < 1.29 is 24.2 Å². The Morgan fingerprint density at radius 1 is 1.16 bits per heavy atom. The van der Waals surface area contributed by atoms with Crippen LogP contribution in [0.3, 0.4) is 0 Å². The number of carbonyl (C=O) groups is 3. The smallest absolute Gasteiger partial charge is 0.329 e. The van der Waals surface area contributed by atoms with E-state index in [-0.39, 0.29) is 24.3 Å². The van der Waals surface area contributed by atoms with Crippen molar-refractivity contribution in [2.45, 2.75) is 64.0 Å². The SMILES string of the molecule is Cc1cc(NC(=O)COC(=O)[C@@H]2CC(O)CN2C(=O)C23CC4CC(CC(C4)C2)C3)n(C)n1. The van der Waals surface area contributed by atoms with E-state index in [1.165, 1.54) is 23.9 Å². The van der Waals surface area contributed by atoms with E-state index in [9.17, 15) is 19.5 Å². The quantitative estimate of drug-likeness (QED) is 0.664. The number of amides is 2. The molecule has 32 heavy (non-hydrogen) atoms. The van der Waals surface area contributed by atoms with Crippen LogP contribution in [0.2, 0.25) is 0 Å². The zero-order valence-electron chi connectivity index (χ0n) is 18.7. The molecule has 1 aliphatic heterocycles. The van der Waals surface area contributed by atoms with Gasteiger partial charge in [-0.05, 0) is 63.2 Å². The second-order valence-corrected chi connectivity index (χ2v) is 10.5. The number of anilines is 1. The Kier molecular flexibility index (Phi) is 5.27. The highest BCUT2D eigenvalue weighted by atomic mass is 16.5. The monoisotopic (exact) mass is 444 g/mol. The first-order chi connectivity index (χ1) is 15.2. The molecule has 2 heterocycles. The molecule has 4 aliphatic carbocycles. The van der Waals surface area contributed by atoms with Crippen LogP contribution in [-0.2, 0) is 26.2 Å². The van der Waals surface area contributed by atoms with Crippen molar-refractivity contribution in [1.82, 2.24) is 14.7 Å². The lowest BCUT2D eigenvalue weighted by atomic mass is 9.49. The summed E-state index contributed by atoms with van der Waals surface area (Å²) >= 11 is 0. The van der Waals surface area contributed by atoms with E-state index < -0.39 is 30.6 Å². The predicted octanol–water partition coefficient (Wildman–Crippen LogP) is 1.39.